The van der Waals surface area contributed by atoms with E-state index in [2.05, 4.69) is 30.6 Å². The summed E-state index contributed by atoms with van der Waals surface area (Å²) in [7, 11) is 1.74. The summed E-state index contributed by atoms with van der Waals surface area (Å²) in [5.74, 6) is 3.29. The lowest BCUT2D eigenvalue weighted by Crippen LogP contribution is -2.30. The molecule has 0 aliphatic carbocycles. The molecular formula is C33H47ClNO4+. The van der Waals surface area contributed by atoms with Gasteiger partial charge in [-0.2, -0.15) is 0 Å². The number of hydrogen-bond acceptors (Lipinski definition) is 4. The van der Waals surface area contributed by atoms with Crippen LogP contribution in [0.4, 0.5) is 0 Å². The quantitative estimate of drug-likeness (QED) is 0.144. The van der Waals surface area contributed by atoms with E-state index in [1.807, 2.05) is 12.1 Å². The first kappa shape index (κ1) is 29.6. The van der Waals surface area contributed by atoms with Gasteiger partial charge in [0.25, 0.3) is 0 Å². The van der Waals surface area contributed by atoms with E-state index in [4.69, 9.17) is 30.5 Å². The minimum absolute atomic E-state index is 0.255. The summed E-state index contributed by atoms with van der Waals surface area (Å²) >= 11 is 6.70. The van der Waals surface area contributed by atoms with Gasteiger partial charge in [-0.25, -0.2) is 4.58 Å². The normalized spacial score (nSPS) is 14.1. The summed E-state index contributed by atoms with van der Waals surface area (Å²) in [5.41, 5.74) is 5.04. The molecule has 5 nitrogen and oxygen atoms in total. The highest BCUT2D eigenvalue weighted by molar-refractivity contribution is 6.31. The summed E-state index contributed by atoms with van der Waals surface area (Å²) in [4.78, 5) is 0. The Morgan fingerprint density at radius 3 is 2.31 bits per heavy atom. The lowest BCUT2D eigenvalue weighted by Gasteiger charge is -2.23. The van der Waals surface area contributed by atoms with Gasteiger partial charge in [0.1, 0.15) is 6.54 Å². The Kier molecular flexibility index (Phi) is 11.7. The van der Waals surface area contributed by atoms with Crippen molar-refractivity contribution in [1.82, 2.24) is 0 Å². The molecule has 0 radical (unpaired) electrons. The smallest absolute Gasteiger partial charge is 0.231 e. The molecule has 2 heterocycles. The van der Waals surface area contributed by atoms with Crippen LogP contribution < -0.4 is 18.9 Å². The summed E-state index contributed by atoms with van der Waals surface area (Å²) in [6, 6.07) is 8.26. The zero-order chi connectivity index (χ0) is 27.5. The molecule has 4 rings (SSSR count). The molecular weight excluding hydrogens is 510 g/mol. The fourth-order valence-electron chi connectivity index (χ4n) is 5.70. The Balaban J connectivity index is 1.57. The van der Waals surface area contributed by atoms with Crippen molar-refractivity contribution < 1.29 is 23.5 Å². The molecule has 6 heteroatoms. The highest BCUT2D eigenvalue weighted by atomic mass is 35.5. The van der Waals surface area contributed by atoms with Gasteiger partial charge in [-0.3, -0.25) is 0 Å². The van der Waals surface area contributed by atoms with E-state index in [-0.39, 0.29) is 6.79 Å². The predicted octanol–water partition coefficient (Wildman–Crippen LogP) is 8.74. The van der Waals surface area contributed by atoms with E-state index in [9.17, 15) is 0 Å². The number of ether oxygens (including phenoxy) is 4. The first-order chi connectivity index (χ1) is 19.2. The minimum Gasteiger partial charge on any atom is -0.493 e. The standard InChI is InChI=1S/C33H47ClNO4/c1-4-6-8-10-12-14-20-37-33-27-18-19-35(23-25-21-31-32(22-28(25)34)39-24-38-31)29(15-13-11-9-7-5-2)26(27)16-17-30(33)36-3/h16-17,21-22H,4-15,18-20,23-24H2,1-3H3/q+1. The van der Waals surface area contributed by atoms with Gasteiger partial charge in [0.2, 0.25) is 6.79 Å². The third-order valence-corrected chi connectivity index (χ3v) is 8.28. The van der Waals surface area contributed by atoms with Gasteiger partial charge >= 0.3 is 0 Å². The summed E-state index contributed by atoms with van der Waals surface area (Å²) in [5, 5.41) is 0.727. The number of methoxy groups -OCH3 is 1. The SMILES string of the molecule is CCCCCCCCOc1c(OC)ccc2c1CC[N+](Cc1cc3c(cc1Cl)OCO3)=C2CCCCCCC. The second-order valence-corrected chi connectivity index (χ2v) is 11.2. The number of rotatable bonds is 17. The minimum atomic E-state index is 0.255. The Labute approximate surface area is 240 Å². The molecule has 0 aromatic heterocycles. The topological polar surface area (TPSA) is 39.9 Å². The van der Waals surface area contributed by atoms with E-state index >= 15 is 0 Å². The van der Waals surface area contributed by atoms with Crippen molar-refractivity contribution >= 4 is 17.3 Å². The first-order valence-electron chi connectivity index (χ1n) is 15.2. The molecule has 2 aliphatic rings. The van der Waals surface area contributed by atoms with Crippen LogP contribution in [0.3, 0.4) is 0 Å². The number of halogens is 1. The van der Waals surface area contributed by atoms with Crippen LogP contribution in [0.15, 0.2) is 24.3 Å². The molecule has 0 unspecified atom stereocenters. The molecule has 0 atom stereocenters. The lowest BCUT2D eigenvalue weighted by atomic mass is 9.92. The van der Waals surface area contributed by atoms with Gasteiger partial charge in [0.15, 0.2) is 35.3 Å². The number of hydrogen-bond donors (Lipinski definition) is 0. The van der Waals surface area contributed by atoms with Crippen LogP contribution in [-0.4, -0.2) is 37.3 Å². The maximum absolute atomic E-state index is 6.70. The molecule has 0 N–H and O–H groups in total. The van der Waals surface area contributed by atoms with E-state index < -0.39 is 0 Å². The van der Waals surface area contributed by atoms with Gasteiger partial charge in [0.05, 0.1) is 18.7 Å². The summed E-state index contributed by atoms with van der Waals surface area (Å²) in [6.07, 6.45) is 15.8. The zero-order valence-electron chi connectivity index (χ0n) is 24.3. The Morgan fingerprint density at radius 1 is 0.872 bits per heavy atom. The highest BCUT2D eigenvalue weighted by Gasteiger charge is 2.30. The summed E-state index contributed by atoms with van der Waals surface area (Å²) < 4.78 is 25.9. The fraction of sp³-hybridized carbons (Fsp3) is 0.606. The summed E-state index contributed by atoms with van der Waals surface area (Å²) in [6.45, 7) is 7.19. The largest absolute Gasteiger partial charge is 0.493 e. The van der Waals surface area contributed by atoms with Crippen LogP contribution in [0, 0.1) is 0 Å². The predicted molar refractivity (Wildman–Crippen MR) is 159 cm³/mol. The van der Waals surface area contributed by atoms with Crippen molar-refractivity contribution in [2.75, 3.05) is 27.1 Å². The monoisotopic (exact) mass is 556 g/mol. The molecule has 214 valence electrons. The molecule has 2 aliphatic heterocycles. The lowest BCUT2D eigenvalue weighted by molar-refractivity contribution is -0.545. The van der Waals surface area contributed by atoms with Crippen LogP contribution in [0.2, 0.25) is 5.02 Å². The van der Waals surface area contributed by atoms with Crippen molar-refractivity contribution in [3.63, 3.8) is 0 Å². The molecule has 0 bridgehead atoms. The molecule has 0 saturated heterocycles. The molecule has 2 aromatic rings. The van der Waals surface area contributed by atoms with E-state index in [0.29, 0.717) is 0 Å². The third-order valence-electron chi connectivity index (χ3n) is 7.93. The van der Waals surface area contributed by atoms with Gasteiger partial charge < -0.3 is 18.9 Å². The second kappa shape index (κ2) is 15.4. The van der Waals surface area contributed by atoms with Crippen molar-refractivity contribution in [3.8, 4) is 23.0 Å². The van der Waals surface area contributed by atoms with Crippen molar-refractivity contribution in [2.45, 2.75) is 104 Å². The molecule has 0 spiro atoms. The van der Waals surface area contributed by atoms with Crippen LogP contribution in [0.25, 0.3) is 0 Å². The molecule has 0 fully saturated rings. The van der Waals surface area contributed by atoms with Gasteiger partial charge in [-0.1, -0.05) is 83.2 Å². The number of benzene rings is 2. The maximum atomic E-state index is 6.70. The van der Waals surface area contributed by atoms with E-state index in [1.165, 1.54) is 81.0 Å². The second-order valence-electron chi connectivity index (χ2n) is 10.8. The van der Waals surface area contributed by atoms with Crippen LogP contribution in [-0.2, 0) is 13.0 Å². The van der Waals surface area contributed by atoms with Crippen molar-refractivity contribution in [2.24, 2.45) is 0 Å². The van der Waals surface area contributed by atoms with Crippen LogP contribution in [0.1, 0.15) is 108 Å². The molecule has 0 saturated carbocycles. The average molecular weight is 557 g/mol. The third kappa shape index (κ3) is 7.84. The Hall–Kier alpha value is -2.40. The zero-order valence-corrected chi connectivity index (χ0v) is 25.0. The Bertz CT molecular complexity index is 1110. The molecule has 0 amide bonds. The van der Waals surface area contributed by atoms with Crippen LogP contribution in [0.5, 0.6) is 23.0 Å². The number of nitrogens with zero attached hydrogens (tertiary/aromatic N) is 1. The number of unbranched alkanes of at least 4 members (excludes halogenated alkanes) is 9. The fourth-order valence-corrected chi connectivity index (χ4v) is 5.92. The first-order valence-corrected chi connectivity index (χ1v) is 15.6. The van der Waals surface area contributed by atoms with E-state index in [0.717, 1.165) is 72.5 Å². The van der Waals surface area contributed by atoms with Crippen molar-refractivity contribution in [3.05, 3.63) is 46.0 Å². The van der Waals surface area contributed by atoms with E-state index in [1.54, 1.807) is 7.11 Å². The van der Waals surface area contributed by atoms with Gasteiger partial charge in [0, 0.05) is 35.6 Å². The molecule has 39 heavy (non-hydrogen) atoms. The maximum Gasteiger partial charge on any atom is 0.231 e. The highest BCUT2D eigenvalue weighted by Crippen LogP contribution is 2.39. The molecule has 2 aromatic carbocycles. The number of fused-ring (bicyclic) bond motifs is 2. The van der Waals surface area contributed by atoms with Crippen LogP contribution >= 0.6 is 11.6 Å². The van der Waals surface area contributed by atoms with Gasteiger partial charge in [-0.05, 0) is 31.0 Å². The van der Waals surface area contributed by atoms with Crippen molar-refractivity contribution in [1.29, 1.82) is 0 Å². The van der Waals surface area contributed by atoms with Gasteiger partial charge in [-0.15, -0.1) is 0 Å². The average Bonchev–Trinajstić information content (AvgIpc) is 3.40. The Morgan fingerprint density at radius 2 is 1.56 bits per heavy atom.